The molecule has 0 aliphatic heterocycles. The second-order valence-electron chi connectivity index (χ2n) is 25.1. The third kappa shape index (κ3) is 7.10. The molecule has 0 radical (unpaired) electrons. The number of benzene rings is 11. The topological polar surface area (TPSA) is 18.5 Å². The Balaban J connectivity index is 1.52. The summed E-state index contributed by atoms with van der Waals surface area (Å²) in [5.74, 6) is 1.83. The SMILES string of the molecule is CC(C)Oc1cccc2c1c1c3cc(C(C)(C)C)ccc3c3ccc(C(C)(C)C)cc3c1c1ccc3c(c4cccc(OC(C)C)c4c4c5cc(C(C)(C)C)ccc5c5ccc(C(C)(C)C)cc5c34)c21. The highest BCUT2D eigenvalue weighted by atomic mass is 16.5. The molecule has 11 aromatic rings. The molecule has 11 rings (SSSR count). The van der Waals surface area contributed by atoms with Gasteiger partial charge in [0.25, 0.3) is 0 Å². The fourth-order valence-corrected chi connectivity index (χ4v) is 11.7. The van der Waals surface area contributed by atoms with Crippen LogP contribution in [0.1, 0.15) is 133 Å². The lowest BCUT2D eigenvalue weighted by molar-refractivity contribution is 0.245. The van der Waals surface area contributed by atoms with Crippen LogP contribution in [-0.2, 0) is 21.7 Å². The van der Waals surface area contributed by atoms with Gasteiger partial charge in [0, 0.05) is 21.5 Å². The number of hydrogen-bond acceptors (Lipinski definition) is 2. The monoisotopic (exact) mass is 919 g/mol. The molecule has 0 saturated carbocycles. The van der Waals surface area contributed by atoms with Crippen molar-refractivity contribution in [3.8, 4) is 11.5 Å². The van der Waals surface area contributed by atoms with Crippen LogP contribution < -0.4 is 9.47 Å². The van der Waals surface area contributed by atoms with E-state index in [-0.39, 0.29) is 33.9 Å². The first-order valence-electron chi connectivity index (χ1n) is 25.8. The van der Waals surface area contributed by atoms with Gasteiger partial charge in [-0.15, -0.1) is 0 Å². The molecule has 0 atom stereocenters. The Hall–Kier alpha value is -6.38. The van der Waals surface area contributed by atoms with E-state index in [0.717, 1.165) is 11.5 Å². The largest absolute Gasteiger partial charge is 0.490 e. The van der Waals surface area contributed by atoms with Crippen molar-refractivity contribution < 1.29 is 9.47 Å². The van der Waals surface area contributed by atoms with Gasteiger partial charge in [-0.25, -0.2) is 0 Å². The quantitative estimate of drug-likeness (QED) is 0.164. The summed E-state index contributed by atoms with van der Waals surface area (Å²) in [7, 11) is 0. The highest BCUT2D eigenvalue weighted by Gasteiger charge is 2.28. The van der Waals surface area contributed by atoms with E-state index in [2.05, 4.69) is 232 Å². The van der Waals surface area contributed by atoms with Crippen LogP contribution in [-0.4, -0.2) is 12.2 Å². The molecule has 2 nitrogen and oxygen atoms in total. The summed E-state index contributed by atoms with van der Waals surface area (Å²) in [4.78, 5) is 0. The molecule has 0 fully saturated rings. The summed E-state index contributed by atoms with van der Waals surface area (Å²) >= 11 is 0. The summed E-state index contributed by atoms with van der Waals surface area (Å²) in [6.07, 6.45) is -0.0493. The lowest BCUT2D eigenvalue weighted by atomic mass is 9.78. The van der Waals surface area contributed by atoms with Gasteiger partial charge in [0.2, 0.25) is 0 Å². The molecular weight excluding hydrogens is 849 g/mol. The maximum atomic E-state index is 7.02. The van der Waals surface area contributed by atoms with E-state index < -0.39 is 0 Å². The van der Waals surface area contributed by atoms with Gasteiger partial charge >= 0.3 is 0 Å². The third-order valence-corrected chi connectivity index (χ3v) is 15.3. The first-order chi connectivity index (χ1) is 32.9. The highest BCUT2D eigenvalue weighted by Crippen LogP contribution is 2.54. The predicted octanol–water partition coefficient (Wildman–Crippen LogP) is 20.0. The van der Waals surface area contributed by atoms with E-state index in [4.69, 9.17) is 9.47 Å². The van der Waals surface area contributed by atoms with Gasteiger partial charge in [0.15, 0.2) is 0 Å². The zero-order valence-corrected chi connectivity index (χ0v) is 44.5. The average molecular weight is 919 g/mol. The zero-order valence-electron chi connectivity index (χ0n) is 44.5. The Morgan fingerprint density at radius 1 is 0.257 bits per heavy atom. The van der Waals surface area contributed by atoms with Crippen molar-refractivity contribution in [1.29, 1.82) is 0 Å². The van der Waals surface area contributed by atoms with Crippen molar-refractivity contribution in [2.24, 2.45) is 0 Å². The molecule has 2 heteroatoms. The van der Waals surface area contributed by atoms with Crippen molar-refractivity contribution in [2.75, 3.05) is 0 Å². The Labute approximate surface area is 415 Å². The molecule has 0 bridgehead atoms. The molecule has 0 aliphatic rings. The normalized spacial score (nSPS) is 13.4. The molecule has 0 aliphatic carbocycles. The summed E-state index contributed by atoms with van der Waals surface area (Å²) in [6, 6.07) is 47.5. The number of ether oxygens (including phenoxy) is 2. The second-order valence-corrected chi connectivity index (χ2v) is 25.1. The van der Waals surface area contributed by atoms with Crippen LogP contribution in [0.3, 0.4) is 0 Å². The van der Waals surface area contributed by atoms with Gasteiger partial charge in [0.05, 0.1) is 12.2 Å². The molecule has 0 unspecified atom stereocenters. The summed E-state index contributed by atoms with van der Waals surface area (Å²) < 4.78 is 14.0. The van der Waals surface area contributed by atoms with E-state index in [1.807, 2.05) is 0 Å². The molecule has 70 heavy (non-hydrogen) atoms. The lowest BCUT2D eigenvalue weighted by Gasteiger charge is -2.26. The zero-order chi connectivity index (χ0) is 49.7. The van der Waals surface area contributed by atoms with Gasteiger partial charge < -0.3 is 9.47 Å². The number of rotatable bonds is 4. The fourth-order valence-electron chi connectivity index (χ4n) is 11.7. The van der Waals surface area contributed by atoms with Crippen LogP contribution in [0.4, 0.5) is 0 Å². The second kappa shape index (κ2) is 15.6. The van der Waals surface area contributed by atoms with E-state index in [1.54, 1.807) is 0 Å². The van der Waals surface area contributed by atoms with Crippen LogP contribution in [0.25, 0.3) is 108 Å². The Morgan fingerprint density at radius 2 is 0.500 bits per heavy atom. The average Bonchev–Trinajstić information content (AvgIpc) is 3.28. The van der Waals surface area contributed by atoms with E-state index in [9.17, 15) is 0 Å². The lowest BCUT2D eigenvalue weighted by Crippen LogP contribution is -2.11. The standard InChI is InChI=1S/C68H70O2/c1-37(2)69-55-21-17-19-47-57-49(59-51-33-39(65(5,6)7)23-27-43(51)45-29-25-41(67(11,12)13)35-53(45)63(59)61(47)55)31-32-50-58(57)48-20-18-22-56(70-38(3)4)62(48)64-54-36-42(68(14,15)16)26-30-46(54)44-28-24-40(66(8,9)10)34-52(44)60(50)64/h17-38H,1-16H3. The molecule has 11 aromatic carbocycles. The highest BCUT2D eigenvalue weighted by molar-refractivity contribution is 6.48. The fraction of sp³-hybridized carbons (Fsp3) is 0.324. The Bertz CT molecular complexity index is 3760. The van der Waals surface area contributed by atoms with Gasteiger partial charge in [-0.3, -0.25) is 0 Å². The van der Waals surface area contributed by atoms with Gasteiger partial charge in [-0.2, -0.15) is 0 Å². The summed E-state index contributed by atoms with van der Waals surface area (Å²) in [5.41, 5.74) is 5.08. The molecule has 0 aromatic heterocycles. The van der Waals surface area contributed by atoms with Crippen molar-refractivity contribution in [2.45, 2.75) is 145 Å². The molecular formula is C68H70O2. The third-order valence-electron chi connectivity index (χ3n) is 15.3. The van der Waals surface area contributed by atoms with Crippen LogP contribution >= 0.6 is 0 Å². The molecule has 0 spiro atoms. The van der Waals surface area contributed by atoms with Gasteiger partial charge in [-0.1, -0.05) is 168 Å². The minimum atomic E-state index is -0.0542. The first kappa shape index (κ1) is 46.0. The van der Waals surface area contributed by atoms with Crippen LogP contribution in [0.15, 0.2) is 121 Å². The van der Waals surface area contributed by atoms with E-state index in [1.165, 1.54) is 130 Å². The van der Waals surface area contributed by atoms with Crippen molar-refractivity contribution >= 4 is 108 Å². The van der Waals surface area contributed by atoms with Crippen molar-refractivity contribution in [3.63, 3.8) is 0 Å². The Kier molecular flexibility index (Phi) is 10.2. The minimum Gasteiger partial charge on any atom is -0.490 e. The molecule has 0 N–H and O–H groups in total. The molecule has 0 amide bonds. The molecule has 0 saturated heterocycles. The van der Waals surface area contributed by atoms with Crippen molar-refractivity contribution in [1.82, 2.24) is 0 Å². The van der Waals surface area contributed by atoms with E-state index in [0.29, 0.717) is 0 Å². The molecule has 0 heterocycles. The van der Waals surface area contributed by atoms with E-state index >= 15 is 0 Å². The van der Waals surface area contributed by atoms with Crippen LogP contribution in [0.2, 0.25) is 0 Å². The van der Waals surface area contributed by atoms with Crippen LogP contribution in [0.5, 0.6) is 11.5 Å². The maximum absolute atomic E-state index is 7.02. The smallest absolute Gasteiger partial charge is 0.128 e. The van der Waals surface area contributed by atoms with Gasteiger partial charge in [-0.05, 0) is 194 Å². The summed E-state index contributed by atoms with van der Waals surface area (Å²) in [6.45, 7) is 36.6. The Morgan fingerprint density at radius 3 is 0.771 bits per heavy atom. The maximum Gasteiger partial charge on any atom is 0.128 e. The molecule has 354 valence electrons. The minimum absolute atomic E-state index is 0.0247. The summed E-state index contributed by atoms with van der Waals surface area (Å²) in [5, 5.41) is 25.0. The van der Waals surface area contributed by atoms with Gasteiger partial charge in [0.1, 0.15) is 11.5 Å². The van der Waals surface area contributed by atoms with Crippen LogP contribution in [0, 0.1) is 0 Å². The first-order valence-corrected chi connectivity index (χ1v) is 25.8. The number of hydrogen-bond donors (Lipinski definition) is 0. The number of fused-ring (bicyclic) bond motifs is 23. The van der Waals surface area contributed by atoms with Crippen molar-refractivity contribution in [3.05, 3.63) is 144 Å². The predicted molar refractivity (Wildman–Crippen MR) is 308 cm³/mol.